The molecule has 8 heteroatoms. The number of nitrogens with one attached hydrogen (secondary N) is 2. The van der Waals surface area contributed by atoms with Crippen molar-refractivity contribution < 1.29 is 23.5 Å². The predicted molar refractivity (Wildman–Crippen MR) is 110 cm³/mol. The lowest BCUT2D eigenvalue weighted by Gasteiger charge is -2.22. The summed E-state index contributed by atoms with van der Waals surface area (Å²) in [7, 11) is 1.24. The number of benzene rings is 2. The normalized spacial score (nSPS) is 12.6. The first-order valence-electron chi connectivity index (χ1n) is 8.92. The van der Waals surface area contributed by atoms with Crippen LogP contribution in [0.3, 0.4) is 0 Å². The van der Waals surface area contributed by atoms with E-state index in [1.54, 1.807) is 0 Å². The molecule has 0 aromatic heterocycles. The van der Waals surface area contributed by atoms with Crippen molar-refractivity contribution in [3.05, 3.63) is 69.9 Å². The van der Waals surface area contributed by atoms with E-state index in [1.807, 2.05) is 24.3 Å². The molecule has 2 aromatic rings. The lowest BCUT2D eigenvalue weighted by Crippen LogP contribution is -2.53. The number of rotatable bonds is 8. The van der Waals surface area contributed by atoms with Crippen molar-refractivity contribution in [3.8, 4) is 0 Å². The molecule has 0 spiro atoms. The van der Waals surface area contributed by atoms with Gasteiger partial charge in [0, 0.05) is 24.2 Å². The third-order valence-electron chi connectivity index (χ3n) is 4.18. The summed E-state index contributed by atoms with van der Waals surface area (Å²) >= 11 is 3.37. The van der Waals surface area contributed by atoms with E-state index in [0.29, 0.717) is 5.56 Å². The molecule has 0 heterocycles. The molecule has 2 atom stereocenters. The number of esters is 1. The van der Waals surface area contributed by atoms with Crippen molar-refractivity contribution in [2.75, 3.05) is 7.11 Å². The van der Waals surface area contributed by atoms with Crippen molar-refractivity contribution in [2.24, 2.45) is 0 Å². The van der Waals surface area contributed by atoms with Crippen LogP contribution in [0.2, 0.25) is 0 Å². The van der Waals surface area contributed by atoms with Crippen LogP contribution in [-0.2, 0) is 32.0 Å². The molecule has 0 aliphatic rings. The Kier molecular flexibility index (Phi) is 8.33. The van der Waals surface area contributed by atoms with E-state index in [-0.39, 0.29) is 12.8 Å². The van der Waals surface area contributed by atoms with Gasteiger partial charge in [0.2, 0.25) is 11.8 Å². The highest BCUT2D eigenvalue weighted by atomic mass is 79.9. The number of hydrogen-bond acceptors (Lipinski definition) is 4. The van der Waals surface area contributed by atoms with Crippen LogP contribution in [0.25, 0.3) is 0 Å². The van der Waals surface area contributed by atoms with E-state index in [1.165, 1.54) is 38.3 Å². The van der Waals surface area contributed by atoms with Gasteiger partial charge in [-0.25, -0.2) is 9.18 Å². The van der Waals surface area contributed by atoms with E-state index < -0.39 is 35.7 Å². The van der Waals surface area contributed by atoms with Gasteiger partial charge in [0.15, 0.2) is 0 Å². The van der Waals surface area contributed by atoms with Gasteiger partial charge in [-0.2, -0.15) is 0 Å². The minimum atomic E-state index is -0.925. The second-order valence-corrected chi connectivity index (χ2v) is 7.42. The van der Waals surface area contributed by atoms with E-state index >= 15 is 0 Å². The molecule has 0 aliphatic heterocycles. The second kappa shape index (κ2) is 10.7. The first-order valence-corrected chi connectivity index (χ1v) is 9.72. The van der Waals surface area contributed by atoms with Crippen molar-refractivity contribution in [1.29, 1.82) is 0 Å². The largest absolute Gasteiger partial charge is 0.467 e. The maximum Gasteiger partial charge on any atom is 0.328 e. The number of hydrogen-bond donors (Lipinski definition) is 2. The Morgan fingerprint density at radius 1 is 1.00 bits per heavy atom. The summed E-state index contributed by atoms with van der Waals surface area (Å²) in [5, 5.41) is 5.23. The van der Waals surface area contributed by atoms with Crippen LogP contribution in [-0.4, -0.2) is 37.0 Å². The van der Waals surface area contributed by atoms with E-state index in [2.05, 4.69) is 26.6 Å². The molecule has 0 aliphatic carbocycles. The number of amides is 2. The maximum atomic E-state index is 13.1. The first-order chi connectivity index (χ1) is 13.8. The highest BCUT2D eigenvalue weighted by Gasteiger charge is 2.27. The van der Waals surface area contributed by atoms with Crippen molar-refractivity contribution in [3.63, 3.8) is 0 Å². The topological polar surface area (TPSA) is 84.5 Å². The average Bonchev–Trinajstić information content (AvgIpc) is 2.67. The van der Waals surface area contributed by atoms with Crippen LogP contribution in [0.15, 0.2) is 53.0 Å². The number of ether oxygens (including phenoxy) is 1. The van der Waals surface area contributed by atoms with Crippen LogP contribution in [0.4, 0.5) is 4.39 Å². The molecule has 2 rings (SSSR count). The standard InChI is InChI=1S/C21H22BrFN2O4/c1-13(26)24-18(11-14-6-8-17(23)9-7-14)20(27)25-19(21(28)29-2)12-15-4-3-5-16(22)10-15/h3-10,18-19H,11-12H2,1-2H3,(H,24,26)(H,25,27)/t18-,19+/m1/s1. The Balaban J connectivity index is 2.16. The molecule has 2 N–H and O–H groups in total. The van der Waals surface area contributed by atoms with Gasteiger partial charge in [-0.15, -0.1) is 0 Å². The van der Waals surface area contributed by atoms with Gasteiger partial charge in [0.25, 0.3) is 0 Å². The summed E-state index contributed by atoms with van der Waals surface area (Å²) in [5.41, 5.74) is 1.49. The van der Waals surface area contributed by atoms with Crippen LogP contribution in [0.5, 0.6) is 0 Å². The summed E-state index contributed by atoms with van der Waals surface area (Å²) in [5.74, 6) is -1.92. The number of halogens is 2. The van der Waals surface area contributed by atoms with Gasteiger partial charge < -0.3 is 15.4 Å². The molecule has 0 unspecified atom stereocenters. The molecule has 0 saturated carbocycles. The lowest BCUT2D eigenvalue weighted by molar-refractivity contribution is -0.145. The third kappa shape index (κ3) is 7.30. The number of methoxy groups -OCH3 is 1. The third-order valence-corrected chi connectivity index (χ3v) is 4.67. The molecular formula is C21H22BrFN2O4. The summed E-state index contributed by atoms with van der Waals surface area (Å²) in [4.78, 5) is 36.6. The van der Waals surface area contributed by atoms with Crippen molar-refractivity contribution in [1.82, 2.24) is 10.6 Å². The molecule has 154 valence electrons. The molecule has 29 heavy (non-hydrogen) atoms. The Morgan fingerprint density at radius 3 is 2.24 bits per heavy atom. The number of carbonyl (C=O) groups excluding carboxylic acids is 3. The Labute approximate surface area is 177 Å². The fourth-order valence-corrected chi connectivity index (χ4v) is 3.26. The lowest BCUT2D eigenvalue weighted by atomic mass is 10.0. The van der Waals surface area contributed by atoms with Gasteiger partial charge in [-0.3, -0.25) is 9.59 Å². The average molecular weight is 465 g/mol. The highest BCUT2D eigenvalue weighted by Crippen LogP contribution is 2.14. The highest BCUT2D eigenvalue weighted by molar-refractivity contribution is 9.10. The maximum absolute atomic E-state index is 13.1. The fraction of sp³-hybridized carbons (Fsp3) is 0.286. The molecule has 0 bridgehead atoms. The molecule has 2 aromatic carbocycles. The van der Waals surface area contributed by atoms with Crippen molar-refractivity contribution >= 4 is 33.7 Å². The second-order valence-electron chi connectivity index (χ2n) is 6.50. The monoisotopic (exact) mass is 464 g/mol. The Morgan fingerprint density at radius 2 is 1.66 bits per heavy atom. The summed E-state index contributed by atoms with van der Waals surface area (Å²) in [6.07, 6.45) is 0.373. The van der Waals surface area contributed by atoms with Gasteiger partial charge in [0.1, 0.15) is 17.9 Å². The van der Waals surface area contributed by atoms with Gasteiger partial charge >= 0.3 is 5.97 Å². The SMILES string of the molecule is COC(=O)[C@H](Cc1cccc(Br)c1)NC(=O)[C@@H](Cc1ccc(F)cc1)NC(C)=O. The zero-order valence-electron chi connectivity index (χ0n) is 16.1. The summed E-state index contributed by atoms with van der Waals surface area (Å²) in [6.45, 7) is 1.30. The molecular weight excluding hydrogens is 443 g/mol. The minimum Gasteiger partial charge on any atom is -0.467 e. The summed E-state index contributed by atoms with van der Waals surface area (Å²) in [6, 6.07) is 11.1. The quantitative estimate of drug-likeness (QED) is 0.587. The predicted octanol–water partition coefficient (Wildman–Crippen LogP) is 2.54. The van der Waals surface area contributed by atoms with Gasteiger partial charge in [-0.1, -0.05) is 40.2 Å². The minimum absolute atomic E-state index is 0.149. The summed E-state index contributed by atoms with van der Waals surface area (Å²) < 4.78 is 18.8. The zero-order chi connectivity index (χ0) is 21.4. The van der Waals surface area contributed by atoms with E-state index in [9.17, 15) is 18.8 Å². The Hall–Kier alpha value is -2.74. The van der Waals surface area contributed by atoms with Crippen molar-refractivity contribution in [2.45, 2.75) is 31.8 Å². The van der Waals surface area contributed by atoms with Crippen LogP contribution >= 0.6 is 15.9 Å². The molecule has 0 radical (unpaired) electrons. The molecule has 6 nitrogen and oxygen atoms in total. The molecule has 0 fully saturated rings. The fourth-order valence-electron chi connectivity index (χ4n) is 2.82. The smallest absolute Gasteiger partial charge is 0.328 e. The van der Waals surface area contributed by atoms with Gasteiger partial charge in [0.05, 0.1) is 7.11 Å². The zero-order valence-corrected chi connectivity index (χ0v) is 17.7. The molecule has 2 amide bonds. The number of carbonyl (C=O) groups is 3. The Bertz CT molecular complexity index is 873. The van der Waals surface area contributed by atoms with Crippen LogP contribution in [0, 0.1) is 5.82 Å². The first kappa shape index (κ1) is 22.5. The molecule has 0 saturated heterocycles. The van der Waals surface area contributed by atoms with Crippen LogP contribution < -0.4 is 10.6 Å². The van der Waals surface area contributed by atoms with Gasteiger partial charge in [-0.05, 0) is 35.4 Å². The van der Waals surface area contributed by atoms with E-state index in [4.69, 9.17) is 4.74 Å². The van der Waals surface area contributed by atoms with Crippen LogP contribution in [0.1, 0.15) is 18.1 Å². The van der Waals surface area contributed by atoms with E-state index in [0.717, 1.165) is 10.0 Å².